The minimum atomic E-state index is -0.481. The molecule has 0 aliphatic heterocycles. The first-order chi connectivity index (χ1) is 23.4. The predicted octanol–water partition coefficient (Wildman–Crippen LogP) is 7.68. The molecular weight excluding hydrogens is 614 g/mol. The van der Waals surface area contributed by atoms with Crippen LogP contribution in [-0.4, -0.2) is 59.6 Å². The van der Waals surface area contributed by atoms with Crippen molar-refractivity contribution in [1.29, 1.82) is 0 Å². The molecule has 11 heteroatoms. The lowest BCUT2D eigenvalue weighted by Crippen LogP contribution is -2.29. The van der Waals surface area contributed by atoms with Gasteiger partial charge in [-0.15, -0.1) is 0 Å². The van der Waals surface area contributed by atoms with E-state index in [1.165, 1.54) is 49.9 Å². The van der Waals surface area contributed by atoms with Gasteiger partial charge >= 0.3 is 12.1 Å². The number of unbranched alkanes of at least 4 members (excludes halogenated alkanes) is 6. The number of aliphatic hydroxyl groups excluding tert-OH is 2. The van der Waals surface area contributed by atoms with E-state index in [0.29, 0.717) is 25.3 Å². The number of nitro groups is 1. The summed E-state index contributed by atoms with van der Waals surface area (Å²) in [7, 11) is 0. The van der Waals surface area contributed by atoms with E-state index < -0.39 is 4.92 Å². The van der Waals surface area contributed by atoms with Crippen molar-refractivity contribution in [3.05, 3.63) is 58.7 Å². The van der Waals surface area contributed by atoms with Gasteiger partial charge in [0.1, 0.15) is 11.9 Å². The Morgan fingerprint density at radius 2 is 1.42 bits per heavy atom. The van der Waals surface area contributed by atoms with Crippen molar-refractivity contribution in [3.63, 3.8) is 0 Å². The molecule has 11 nitrogen and oxygen atoms in total. The van der Waals surface area contributed by atoms with Gasteiger partial charge in [-0.05, 0) is 101 Å². The number of benzene rings is 1. The summed E-state index contributed by atoms with van der Waals surface area (Å²) in [6.07, 6.45) is 27.8. The highest BCUT2D eigenvalue weighted by atomic mass is 16.6. The number of ether oxygens (including phenoxy) is 2. The molecule has 2 unspecified atom stereocenters. The summed E-state index contributed by atoms with van der Waals surface area (Å²) in [6, 6.07) is 5.56. The van der Waals surface area contributed by atoms with Crippen LogP contribution in [0.4, 0.5) is 10.5 Å². The van der Waals surface area contributed by atoms with Gasteiger partial charge in [0, 0.05) is 31.9 Å². The van der Waals surface area contributed by atoms with Gasteiger partial charge in [0.05, 0.1) is 11.3 Å². The van der Waals surface area contributed by atoms with Gasteiger partial charge in [-0.1, -0.05) is 63.2 Å². The number of hydrogen-bond donors (Lipinski definition) is 4. The highest BCUT2D eigenvalue weighted by molar-refractivity contribution is 5.73. The number of amides is 1. The second-order valence-electron chi connectivity index (χ2n) is 12.3. The van der Waals surface area contributed by atoms with Crippen LogP contribution in [0.5, 0.6) is 5.75 Å². The lowest BCUT2D eigenvalue weighted by atomic mass is 9.94. The molecule has 1 amide bonds. The fraction of sp³-hybridized carbons (Fsp3) is 0.676. The van der Waals surface area contributed by atoms with Gasteiger partial charge in [-0.25, -0.2) is 4.79 Å². The first-order valence-electron chi connectivity index (χ1n) is 18.0. The first kappa shape index (κ1) is 42.7. The number of allylic oxidation sites excluding steroid dienone is 3. The Morgan fingerprint density at radius 3 is 2.04 bits per heavy atom. The molecule has 0 spiro atoms. The second kappa shape index (κ2) is 29.8. The molecule has 2 aliphatic rings. The molecule has 1 aromatic carbocycles. The second-order valence-corrected chi connectivity index (χ2v) is 12.3. The van der Waals surface area contributed by atoms with E-state index in [1.807, 2.05) is 6.08 Å². The molecule has 5 N–H and O–H groups in total. The first-order valence-corrected chi connectivity index (χ1v) is 18.0. The third-order valence-electron chi connectivity index (χ3n) is 8.00. The van der Waals surface area contributed by atoms with Crippen LogP contribution in [0.15, 0.2) is 48.6 Å². The van der Waals surface area contributed by atoms with Gasteiger partial charge in [-0.3, -0.25) is 14.9 Å². The molecule has 0 radical (unpaired) electrons. The van der Waals surface area contributed by atoms with Crippen molar-refractivity contribution < 1.29 is 34.2 Å². The molecule has 0 fully saturated rings. The number of nitrogens with one attached hydrogen (secondary N) is 1. The van der Waals surface area contributed by atoms with Gasteiger partial charge in [0.2, 0.25) is 0 Å². The summed E-state index contributed by atoms with van der Waals surface area (Å²) in [5, 5.41) is 30.3. The zero-order valence-electron chi connectivity index (χ0n) is 28.9. The lowest BCUT2D eigenvalue weighted by Gasteiger charge is -2.16. The van der Waals surface area contributed by atoms with E-state index >= 15 is 0 Å². The molecule has 0 bridgehead atoms. The summed E-state index contributed by atoms with van der Waals surface area (Å²) < 4.78 is 10.6. The van der Waals surface area contributed by atoms with Crippen LogP contribution in [0.3, 0.4) is 0 Å². The normalized spacial score (nSPS) is 18.8. The third-order valence-corrected chi connectivity index (χ3v) is 8.00. The number of hydrogen-bond acceptors (Lipinski definition) is 9. The minimum Gasteiger partial charge on any atom is -0.442 e. The predicted molar refractivity (Wildman–Crippen MR) is 190 cm³/mol. The average molecular weight is 676 g/mol. The number of nitro benzene ring substituents is 1. The Kier molecular flexibility index (Phi) is 26.6. The van der Waals surface area contributed by atoms with E-state index in [0.717, 1.165) is 96.4 Å². The molecule has 0 aromatic heterocycles. The quantitative estimate of drug-likeness (QED) is 0.0342. The number of alkyl carbamates (subject to hydrolysis) is 1. The Morgan fingerprint density at radius 1 is 0.812 bits per heavy atom. The van der Waals surface area contributed by atoms with Crippen molar-refractivity contribution in [2.45, 2.75) is 128 Å². The molecule has 2 aliphatic carbocycles. The van der Waals surface area contributed by atoms with Crippen LogP contribution in [-0.2, 0) is 9.53 Å². The van der Waals surface area contributed by atoms with Crippen LogP contribution in [0.1, 0.15) is 122 Å². The molecule has 1 aromatic rings. The Hall–Kier alpha value is -3.28. The number of nitrogens with zero attached hydrogens (tertiary/aromatic N) is 1. The Labute approximate surface area is 287 Å². The average Bonchev–Trinajstić information content (AvgIpc) is 3.04. The van der Waals surface area contributed by atoms with Crippen molar-refractivity contribution >= 4 is 17.7 Å². The number of rotatable bonds is 16. The van der Waals surface area contributed by atoms with E-state index in [1.54, 1.807) is 0 Å². The summed E-state index contributed by atoms with van der Waals surface area (Å²) in [5.41, 5.74) is 5.23. The van der Waals surface area contributed by atoms with Gasteiger partial charge in [0.25, 0.3) is 5.69 Å². The van der Waals surface area contributed by atoms with Crippen molar-refractivity contribution in [2.75, 3.05) is 26.3 Å². The maximum absolute atomic E-state index is 11.9. The fourth-order valence-electron chi connectivity index (χ4n) is 5.22. The highest BCUT2D eigenvalue weighted by Gasteiger charge is 2.15. The van der Waals surface area contributed by atoms with Gasteiger partial charge in [-0.2, -0.15) is 0 Å². The van der Waals surface area contributed by atoms with E-state index in [4.69, 9.17) is 25.4 Å². The smallest absolute Gasteiger partial charge is 0.407 e. The molecule has 2 atom stereocenters. The number of nitrogens with two attached hydrogens (primary N) is 1. The van der Waals surface area contributed by atoms with Crippen LogP contribution in [0.2, 0.25) is 0 Å². The molecule has 0 heterocycles. The number of esters is 1. The van der Waals surface area contributed by atoms with Crippen molar-refractivity contribution in [3.8, 4) is 5.75 Å². The lowest BCUT2D eigenvalue weighted by molar-refractivity contribution is -0.384. The van der Waals surface area contributed by atoms with Crippen molar-refractivity contribution in [1.82, 2.24) is 5.32 Å². The summed E-state index contributed by atoms with van der Waals surface area (Å²) in [4.78, 5) is 33.6. The standard InChI is InChI=1S/C16H19NO4.C15H27NO3.C6H15NO/c18-16(12-13-6-4-2-1-3-5-7-13)21-15-10-8-14(9-11-15)17(19)20;17-13-9-5-4-8-12-16-15(18)19-14-10-6-2-1-3-7-11-14;7-5-3-1-2-4-6-8/h4,6,8-11,13H,1-3,5,7,12H2;6,10,14,17H,1-5,7-9,11-13H2,(H,16,18);8H,1-7H2/b6-4+;10-6+;. The minimum absolute atomic E-state index is 0.0160. The molecule has 272 valence electrons. The largest absolute Gasteiger partial charge is 0.442 e. The monoisotopic (exact) mass is 675 g/mol. The fourth-order valence-corrected chi connectivity index (χ4v) is 5.22. The number of carbonyl (C=O) groups is 2. The van der Waals surface area contributed by atoms with Crippen molar-refractivity contribution in [2.24, 2.45) is 11.7 Å². The molecular formula is C37H61N3O8. The SMILES string of the molecule is NCCCCCCO.O=C(CC1/C=C/CCCCC1)Oc1ccc([N+](=O)[O-])cc1.O=C(NCCCCCCO)OC1/C=C/CCCCC1. The van der Waals surface area contributed by atoms with Crippen LogP contribution in [0.25, 0.3) is 0 Å². The van der Waals surface area contributed by atoms with Gasteiger partial charge in [0.15, 0.2) is 0 Å². The summed E-state index contributed by atoms with van der Waals surface area (Å²) >= 11 is 0. The summed E-state index contributed by atoms with van der Waals surface area (Å²) in [6.45, 7) is 2.01. The third kappa shape index (κ3) is 23.9. The zero-order chi connectivity index (χ0) is 35.1. The van der Waals surface area contributed by atoms with Crippen LogP contribution >= 0.6 is 0 Å². The Bertz CT molecular complexity index is 1030. The number of aliphatic hydroxyl groups is 2. The zero-order valence-corrected chi connectivity index (χ0v) is 28.9. The summed E-state index contributed by atoms with van der Waals surface area (Å²) in [5.74, 6) is 0.287. The maximum Gasteiger partial charge on any atom is 0.407 e. The highest BCUT2D eigenvalue weighted by Crippen LogP contribution is 2.22. The maximum atomic E-state index is 11.9. The topological polar surface area (TPSA) is 174 Å². The molecule has 48 heavy (non-hydrogen) atoms. The number of carbonyl (C=O) groups excluding carboxylic acids is 2. The Balaban J connectivity index is 0.000000395. The van der Waals surface area contributed by atoms with Crippen LogP contribution < -0.4 is 15.8 Å². The van der Waals surface area contributed by atoms with E-state index in [9.17, 15) is 19.7 Å². The van der Waals surface area contributed by atoms with E-state index in [-0.39, 0.29) is 36.4 Å². The molecule has 0 saturated carbocycles. The van der Waals surface area contributed by atoms with Crippen LogP contribution in [0, 0.1) is 16.0 Å². The van der Waals surface area contributed by atoms with E-state index in [2.05, 4.69) is 23.5 Å². The molecule has 0 saturated heterocycles. The number of non-ortho nitro benzene ring substituents is 1. The molecule has 3 rings (SSSR count). The van der Waals surface area contributed by atoms with Gasteiger partial charge < -0.3 is 30.7 Å².